The molecule has 7 nitrogen and oxygen atoms in total. The molecule has 0 aliphatic carbocycles. The van der Waals surface area contributed by atoms with Crippen molar-refractivity contribution in [3.8, 4) is 22.5 Å². The second kappa shape index (κ2) is 9.11. The molecule has 1 aliphatic heterocycles. The average molecular weight is 492 g/mol. The van der Waals surface area contributed by atoms with Crippen molar-refractivity contribution in [3.63, 3.8) is 0 Å². The van der Waals surface area contributed by atoms with Gasteiger partial charge in [-0.05, 0) is 50.1 Å². The second-order valence-corrected chi connectivity index (χ2v) is 9.15. The van der Waals surface area contributed by atoms with E-state index in [4.69, 9.17) is 17.3 Å². The third-order valence-electron chi connectivity index (χ3n) is 6.37. The van der Waals surface area contributed by atoms with Crippen LogP contribution in [-0.4, -0.2) is 44.8 Å². The highest BCUT2D eigenvalue weighted by molar-refractivity contribution is 6.32. The highest BCUT2D eigenvalue weighted by Gasteiger charge is 2.27. The number of H-pyrrole nitrogens is 1. The number of nitrogens with one attached hydrogen (secondary N) is 1. The van der Waals surface area contributed by atoms with Crippen LogP contribution in [0.25, 0.3) is 33.5 Å². The number of benzene rings is 2. The number of primary amides is 1. The number of carbonyl (C=O) groups is 2. The number of fused-ring (bicyclic) bond motifs is 1. The van der Waals surface area contributed by atoms with Crippen molar-refractivity contribution < 1.29 is 14.0 Å². The van der Waals surface area contributed by atoms with E-state index in [0.29, 0.717) is 53.1 Å². The van der Waals surface area contributed by atoms with Gasteiger partial charge in [0.05, 0.1) is 17.0 Å². The Morgan fingerprint density at radius 3 is 2.60 bits per heavy atom. The zero-order chi connectivity index (χ0) is 24.7. The van der Waals surface area contributed by atoms with Crippen molar-refractivity contribution in [2.24, 2.45) is 11.7 Å². The lowest BCUT2D eigenvalue weighted by atomic mass is 9.97. The number of pyridine rings is 1. The Morgan fingerprint density at radius 2 is 1.89 bits per heavy atom. The monoisotopic (exact) mass is 491 g/mol. The minimum Gasteiger partial charge on any atom is -0.369 e. The highest BCUT2D eigenvalue weighted by Crippen LogP contribution is 2.32. The fourth-order valence-electron chi connectivity index (χ4n) is 4.45. The molecule has 9 heteroatoms. The normalized spacial score (nSPS) is 16.0. The molecule has 0 bridgehead atoms. The van der Waals surface area contributed by atoms with Crippen LogP contribution in [0, 0.1) is 18.7 Å². The molecule has 2 aromatic heterocycles. The largest absolute Gasteiger partial charge is 0.369 e. The second-order valence-electron chi connectivity index (χ2n) is 8.80. The number of carbonyl (C=O) groups excluding carboxylic acids is 2. The van der Waals surface area contributed by atoms with Crippen molar-refractivity contribution in [2.45, 2.75) is 19.8 Å². The minimum absolute atomic E-state index is 0.137. The summed E-state index contributed by atoms with van der Waals surface area (Å²) in [6.07, 6.45) is 1.46. The Labute approximate surface area is 206 Å². The smallest absolute Gasteiger partial charge is 0.253 e. The molecule has 178 valence electrons. The van der Waals surface area contributed by atoms with Crippen LogP contribution in [-0.2, 0) is 4.79 Å². The lowest BCUT2D eigenvalue weighted by Gasteiger charge is -2.31. The number of halogens is 2. The van der Waals surface area contributed by atoms with Crippen molar-refractivity contribution in [3.05, 3.63) is 70.8 Å². The molecule has 0 radical (unpaired) electrons. The molecule has 2 amide bonds. The maximum Gasteiger partial charge on any atom is 0.253 e. The van der Waals surface area contributed by atoms with Gasteiger partial charge in [-0.25, -0.2) is 14.4 Å². The Balaban J connectivity index is 1.41. The molecular formula is C26H23ClFN5O2. The minimum atomic E-state index is -0.445. The molecule has 2 aromatic carbocycles. The first-order valence-electron chi connectivity index (χ1n) is 11.3. The van der Waals surface area contributed by atoms with E-state index in [1.807, 2.05) is 6.92 Å². The molecular weight excluding hydrogens is 469 g/mol. The number of aromatic nitrogens is 3. The molecule has 35 heavy (non-hydrogen) atoms. The SMILES string of the molecule is Cc1ccc(-c2cc3[nH]c(-c4ccc(C(=O)N5CCCC(C(N)=O)C5)cc4)nc3cc2F)c(Cl)n1. The first kappa shape index (κ1) is 23.0. The molecule has 3 N–H and O–H groups in total. The number of hydrogen-bond donors (Lipinski definition) is 2. The molecule has 5 rings (SSSR count). The van der Waals surface area contributed by atoms with E-state index in [2.05, 4.69) is 15.0 Å². The molecule has 1 unspecified atom stereocenters. The summed E-state index contributed by atoms with van der Waals surface area (Å²) in [4.78, 5) is 38.1. The van der Waals surface area contributed by atoms with Gasteiger partial charge >= 0.3 is 0 Å². The van der Waals surface area contributed by atoms with Crippen LogP contribution in [0.2, 0.25) is 5.15 Å². The summed E-state index contributed by atoms with van der Waals surface area (Å²) in [6.45, 7) is 2.76. The van der Waals surface area contributed by atoms with E-state index in [1.165, 1.54) is 6.07 Å². The lowest BCUT2D eigenvalue weighted by molar-refractivity contribution is -0.123. The van der Waals surface area contributed by atoms with Gasteiger partial charge in [-0.1, -0.05) is 23.7 Å². The van der Waals surface area contributed by atoms with Crippen LogP contribution < -0.4 is 5.73 Å². The van der Waals surface area contributed by atoms with Crippen LogP contribution in [0.4, 0.5) is 4.39 Å². The zero-order valence-electron chi connectivity index (χ0n) is 19.0. The van der Waals surface area contributed by atoms with E-state index in [0.717, 1.165) is 17.7 Å². The fourth-order valence-corrected chi connectivity index (χ4v) is 4.75. The van der Waals surface area contributed by atoms with Crippen LogP contribution >= 0.6 is 11.6 Å². The topological polar surface area (TPSA) is 105 Å². The summed E-state index contributed by atoms with van der Waals surface area (Å²) in [7, 11) is 0. The molecule has 0 saturated carbocycles. The van der Waals surface area contributed by atoms with Gasteiger partial charge in [0, 0.05) is 47.1 Å². The van der Waals surface area contributed by atoms with Crippen LogP contribution in [0.1, 0.15) is 28.9 Å². The number of amides is 2. The number of rotatable bonds is 4. The Bertz CT molecular complexity index is 1450. The third kappa shape index (κ3) is 4.49. The molecule has 3 heterocycles. The van der Waals surface area contributed by atoms with Crippen LogP contribution in [0.5, 0.6) is 0 Å². The Kier molecular flexibility index (Phi) is 5.98. The van der Waals surface area contributed by atoms with Gasteiger partial charge in [0.15, 0.2) is 0 Å². The molecule has 0 spiro atoms. The lowest BCUT2D eigenvalue weighted by Crippen LogP contribution is -2.44. The number of aromatic amines is 1. The summed E-state index contributed by atoms with van der Waals surface area (Å²) in [6, 6.07) is 13.6. The third-order valence-corrected chi connectivity index (χ3v) is 6.65. The Hall–Kier alpha value is -3.78. The van der Waals surface area contributed by atoms with Crippen molar-refractivity contribution in [2.75, 3.05) is 13.1 Å². The number of imidazole rings is 1. The number of hydrogen-bond acceptors (Lipinski definition) is 4. The van der Waals surface area contributed by atoms with Crippen molar-refractivity contribution >= 4 is 34.4 Å². The quantitative estimate of drug-likeness (QED) is 0.402. The first-order chi connectivity index (χ1) is 16.8. The van der Waals surface area contributed by atoms with E-state index >= 15 is 0 Å². The molecule has 1 fully saturated rings. The summed E-state index contributed by atoms with van der Waals surface area (Å²) in [5, 5.41) is 0.235. The zero-order valence-corrected chi connectivity index (χ0v) is 19.8. The van der Waals surface area contributed by atoms with Gasteiger partial charge in [0.25, 0.3) is 5.91 Å². The average Bonchev–Trinajstić information content (AvgIpc) is 3.26. The van der Waals surface area contributed by atoms with E-state index in [9.17, 15) is 14.0 Å². The molecule has 1 atom stereocenters. The molecule has 1 saturated heterocycles. The number of nitrogens with two attached hydrogens (primary N) is 1. The van der Waals surface area contributed by atoms with E-state index in [1.54, 1.807) is 47.4 Å². The van der Waals surface area contributed by atoms with Gasteiger partial charge in [-0.3, -0.25) is 9.59 Å². The summed E-state index contributed by atoms with van der Waals surface area (Å²) < 4.78 is 14.9. The standard InChI is InChI=1S/C26H23ClFN5O2/c1-14-4-9-18(23(27)30-14)19-11-21-22(12-20(19)28)32-25(31-21)15-5-7-16(8-6-15)26(35)33-10-2-3-17(13-33)24(29)34/h4-9,11-12,17H,2-3,10,13H2,1H3,(H2,29,34)(H,31,32). The van der Waals surface area contributed by atoms with Gasteiger partial charge < -0.3 is 15.6 Å². The molecule has 1 aliphatic rings. The van der Waals surface area contributed by atoms with Gasteiger partial charge in [0.1, 0.15) is 16.8 Å². The summed E-state index contributed by atoms with van der Waals surface area (Å²) in [5.41, 5.74) is 9.42. The number of aryl methyl sites for hydroxylation is 1. The number of nitrogens with zero attached hydrogens (tertiary/aromatic N) is 3. The summed E-state index contributed by atoms with van der Waals surface area (Å²) in [5.74, 6) is -0.709. The van der Waals surface area contributed by atoms with Crippen LogP contribution in [0.15, 0.2) is 48.5 Å². The first-order valence-corrected chi connectivity index (χ1v) is 11.7. The van der Waals surface area contributed by atoms with E-state index < -0.39 is 5.82 Å². The molecule has 4 aromatic rings. The Morgan fingerprint density at radius 1 is 1.11 bits per heavy atom. The predicted molar refractivity (Wildman–Crippen MR) is 132 cm³/mol. The van der Waals surface area contributed by atoms with Crippen molar-refractivity contribution in [1.82, 2.24) is 19.9 Å². The van der Waals surface area contributed by atoms with Gasteiger partial charge in [-0.15, -0.1) is 0 Å². The predicted octanol–water partition coefficient (Wildman–Crippen LogP) is 4.73. The number of piperidine rings is 1. The van der Waals surface area contributed by atoms with Gasteiger partial charge in [-0.2, -0.15) is 0 Å². The maximum absolute atomic E-state index is 14.9. The number of likely N-dealkylation sites (tertiary alicyclic amines) is 1. The van der Waals surface area contributed by atoms with Crippen molar-refractivity contribution in [1.29, 1.82) is 0 Å². The summed E-state index contributed by atoms with van der Waals surface area (Å²) >= 11 is 6.25. The fraction of sp³-hybridized carbons (Fsp3) is 0.231. The highest BCUT2D eigenvalue weighted by atomic mass is 35.5. The van der Waals surface area contributed by atoms with Crippen LogP contribution in [0.3, 0.4) is 0 Å². The van der Waals surface area contributed by atoms with Gasteiger partial charge in [0.2, 0.25) is 5.91 Å². The van der Waals surface area contributed by atoms with E-state index in [-0.39, 0.29) is 22.9 Å². The maximum atomic E-state index is 14.9.